The molecular formula is C13H9BrN2O3. The van der Waals surface area contributed by atoms with Gasteiger partial charge in [0.15, 0.2) is 0 Å². The fourth-order valence-electron chi connectivity index (χ4n) is 1.26. The van der Waals surface area contributed by atoms with E-state index in [1.807, 2.05) is 18.2 Å². The highest BCUT2D eigenvalue weighted by Gasteiger charge is 2.03. The van der Waals surface area contributed by atoms with Gasteiger partial charge in [0.2, 0.25) is 0 Å². The maximum atomic E-state index is 10.4. The summed E-state index contributed by atoms with van der Waals surface area (Å²) in [6, 6.07) is 7.53. The number of aliphatic carboxylic acids is 1. The number of rotatable bonds is 4. The predicted octanol–water partition coefficient (Wildman–Crippen LogP) is 3.13. The average molecular weight is 321 g/mol. The van der Waals surface area contributed by atoms with E-state index in [1.165, 1.54) is 18.5 Å². The lowest BCUT2D eigenvalue weighted by atomic mass is 10.3. The lowest BCUT2D eigenvalue weighted by Crippen LogP contribution is -1.93. The molecule has 1 aromatic carbocycles. The number of hydrogen-bond donors (Lipinski definition) is 1. The number of aromatic nitrogens is 2. The minimum atomic E-state index is -1.02. The molecule has 0 bridgehead atoms. The van der Waals surface area contributed by atoms with E-state index in [9.17, 15) is 4.79 Å². The summed E-state index contributed by atoms with van der Waals surface area (Å²) < 4.78 is 6.28. The molecule has 1 N–H and O–H groups in total. The standard InChI is InChI=1S/C13H9BrN2O3/c14-10-3-1-2-4-11(10)19-13-15-7-9(8-16-13)5-6-12(17)18/h1-8H,(H,17,18)/b6-5+. The van der Waals surface area contributed by atoms with Gasteiger partial charge in [-0.25, -0.2) is 14.8 Å². The van der Waals surface area contributed by atoms with Crippen molar-refractivity contribution >= 4 is 28.0 Å². The molecule has 2 aromatic rings. The molecule has 0 spiro atoms. The summed E-state index contributed by atoms with van der Waals surface area (Å²) in [4.78, 5) is 18.4. The topological polar surface area (TPSA) is 72.3 Å². The number of carboxylic acids is 1. The smallest absolute Gasteiger partial charge is 0.328 e. The third-order valence-corrected chi connectivity index (χ3v) is 2.76. The van der Waals surface area contributed by atoms with Gasteiger partial charge in [-0.1, -0.05) is 12.1 Å². The van der Waals surface area contributed by atoms with E-state index in [-0.39, 0.29) is 6.01 Å². The van der Waals surface area contributed by atoms with Gasteiger partial charge in [-0.15, -0.1) is 0 Å². The molecule has 2 rings (SSSR count). The van der Waals surface area contributed by atoms with Crippen molar-refractivity contribution in [3.05, 3.63) is 52.8 Å². The van der Waals surface area contributed by atoms with Crippen LogP contribution in [0.1, 0.15) is 5.56 Å². The van der Waals surface area contributed by atoms with Gasteiger partial charge in [0.05, 0.1) is 4.47 Å². The van der Waals surface area contributed by atoms with E-state index in [0.29, 0.717) is 11.3 Å². The van der Waals surface area contributed by atoms with Crippen molar-refractivity contribution in [3.63, 3.8) is 0 Å². The molecule has 0 atom stereocenters. The van der Waals surface area contributed by atoms with Crippen LogP contribution in [0.3, 0.4) is 0 Å². The van der Waals surface area contributed by atoms with Crippen LogP contribution in [0.2, 0.25) is 0 Å². The number of hydrogen-bond acceptors (Lipinski definition) is 4. The molecule has 0 fully saturated rings. The molecular weight excluding hydrogens is 312 g/mol. The first kappa shape index (κ1) is 13.2. The highest BCUT2D eigenvalue weighted by Crippen LogP contribution is 2.27. The van der Waals surface area contributed by atoms with Crippen molar-refractivity contribution < 1.29 is 14.6 Å². The Morgan fingerprint density at radius 3 is 2.58 bits per heavy atom. The maximum Gasteiger partial charge on any atom is 0.328 e. The van der Waals surface area contributed by atoms with Gasteiger partial charge in [-0.05, 0) is 34.1 Å². The molecule has 0 saturated heterocycles. The van der Waals surface area contributed by atoms with Gasteiger partial charge < -0.3 is 9.84 Å². The van der Waals surface area contributed by atoms with Crippen LogP contribution >= 0.6 is 15.9 Å². The quantitative estimate of drug-likeness (QED) is 0.876. The Labute approximate surface area is 117 Å². The first-order valence-corrected chi connectivity index (χ1v) is 6.10. The third kappa shape index (κ3) is 3.89. The van der Waals surface area contributed by atoms with Gasteiger partial charge in [0.25, 0.3) is 0 Å². The monoisotopic (exact) mass is 320 g/mol. The van der Waals surface area contributed by atoms with Crippen molar-refractivity contribution in [2.24, 2.45) is 0 Å². The largest absolute Gasteiger partial charge is 0.478 e. The molecule has 0 radical (unpaired) electrons. The van der Waals surface area contributed by atoms with Crippen LogP contribution in [0.25, 0.3) is 6.08 Å². The molecule has 1 heterocycles. The molecule has 96 valence electrons. The number of ether oxygens (including phenoxy) is 1. The van der Waals surface area contributed by atoms with E-state index in [1.54, 1.807) is 6.07 Å². The van der Waals surface area contributed by atoms with Crippen LogP contribution in [0, 0.1) is 0 Å². The normalized spacial score (nSPS) is 10.6. The third-order valence-electron chi connectivity index (χ3n) is 2.10. The number of para-hydroxylation sites is 1. The Bertz CT molecular complexity index is 612. The van der Waals surface area contributed by atoms with Crippen molar-refractivity contribution in [2.75, 3.05) is 0 Å². The fourth-order valence-corrected chi connectivity index (χ4v) is 1.62. The van der Waals surface area contributed by atoms with Gasteiger partial charge in [-0.3, -0.25) is 0 Å². The van der Waals surface area contributed by atoms with Crippen molar-refractivity contribution in [3.8, 4) is 11.8 Å². The summed E-state index contributed by atoms with van der Waals surface area (Å²) in [7, 11) is 0. The minimum absolute atomic E-state index is 0.194. The summed E-state index contributed by atoms with van der Waals surface area (Å²) >= 11 is 3.35. The van der Waals surface area contributed by atoms with Crippen molar-refractivity contribution in [1.82, 2.24) is 9.97 Å². The minimum Gasteiger partial charge on any atom is -0.478 e. The summed E-state index contributed by atoms with van der Waals surface area (Å²) in [6.45, 7) is 0. The molecule has 19 heavy (non-hydrogen) atoms. The number of nitrogens with zero attached hydrogens (tertiary/aromatic N) is 2. The Balaban J connectivity index is 2.11. The average Bonchev–Trinajstić information content (AvgIpc) is 2.40. The van der Waals surface area contributed by atoms with Gasteiger partial charge in [0.1, 0.15) is 5.75 Å². The van der Waals surface area contributed by atoms with E-state index >= 15 is 0 Å². The highest BCUT2D eigenvalue weighted by molar-refractivity contribution is 9.10. The van der Waals surface area contributed by atoms with Crippen LogP contribution in [-0.2, 0) is 4.79 Å². The fraction of sp³-hybridized carbons (Fsp3) is 0. The lowest BCUT2D eigenvalue weighted by Gasteiger charge is -2.05. The molecule has 0 aliphatic rings. The zero-order chi connectivity index (χ0) is 13.7. The second-order valence-electron chi connectivity index (χ2n) is 3.50. The summed E-state index contributed by atoms with van der Waals surface area (Å²) in [6.07, 6.45) is 5.40. The Kier molecular flexibility index (Phi) is 4.25. The highest BCUT2D eigenvalue weighted by atomic mass is 79.9. The van der Waals surface area contributed by atoms with Crippen LogP contribution in [-0.4, -0.2) is 21.0 Å². The Hall–Kier alpha value is -2.21. The van der Waals surface area contributed by atoms with Crippen molar-refractivity contribution in [1.29, 1.82) is 0 Å². The number of halogens is 1. The number of benzene rings is 1. The van der Waals surface area contributed by atoms with Crippen LogP contribution in [0.15, 0.2) is 47.2 Å². The van der Waals surface area contributed by atoms with Gasteiger partial charge in [-0.2, -0.15) is 0 Å². The molecule has 6 heteroatoms. The van der Waals surface area contributed by atoms with E-state index < -0.39 is 5.97 Å². The van der Waals surface area contributed by atoms with Gasteiger partial charge >= 0.3 is 12.0 Å². The first-order valence-electron chi connectivity index (χ1n) is 5.30. The molecule has 0 aliphatic carbocycles. The van der Waals surface area contributed by atoms with Crippen LogP contribution in [0.4, 0.5) is 0 Å². The van der Waals surface area contributed by atoms with Crippen LogP contribution < -0.4 is 4.74 Å². The van der Waals surface area contributed by atoms with Crippen LogP contribution in [0.5, 0.6) is 11.8 Å². The van der Waals surface area contributed by atoms with E-state index in [4.69, 9.17) is 9.84 Å². The second kappa shape index (κ2) is 6.10. The van der Waals surface area contributed by atoms with E-state index in [2.05, 4.69) is 25.9 Å². The Morgan fingerprint density at radius 1 is 1.26 bits per heavy atom. The molecule has 1 aromatic heterocycles. The van der Waals surface area contributed by atoms with Crippen molar-refractivity contribution in [2.45, 2.75) is 0 Å². The molecule has 0 saturated carbocycles. The maximum absolute atomic E-state index is 10.4. The molecule has 0 aliphatic heterocycles. The summed E-state index contributed by atoms with van der Waals surface area (Å²) in [5.74, 6) is -0.412. The van der Waals surface area contributed by atoms with Gasteiger partial charge in [0, 0.05) is 24.0 Å². The number of carbonyl (C=O) groups is 1. The zero-order valence-corrected chi connectivity index (χ0v) is 11.2. The first-order chi connectivity index (χ1) is 9.15. The lowest BCUT2D eigenvalue weighted by molar-refractivity contribution is -0.131. The molecule has 0 unspecified atom stereocenters. The SMILES string of the molecule is O=C(O)/C=C/c1cnc(Oc2ccccc2Br)nc1. The summed E-state index contributed by atoms with van der Waals surface area (Å²) in [5.41, 5.74) is 0.585. The molecule has 5 nitrogen and oxygen atoms in total. The van der Waals surface area contributed by atoms with E-state index in [0.717, 1.165) is 10.5 Å². The summed E-state index contributed by atoms with van der Waals surface area (Å²) in [5, 5.41) is 8.50. The zero-order valence-electron chi connectivity index (χ0n) is 9.65. The number of carboxylic acid groups (broad SMARTS) is 1. The second-order valence-corrected chi connectivity index (χ2v) is 4.36. The Morgan fingerprint density at radius 2 is 1.95 bits per heavy atom. The predicted molar refractivity (Wildman–Crippen MR) is 72.9 cm³/mol. The molecule has 0 amide bonds.